The van der Waals surface area contributed by atoms with Crippen molar-refractivity contribution in [1.29, 1.82) is 0 Å². The number of aliphatic hydroxyl groups is 1. The second-order valence-electron chi connectivity index (χ2n) is 8.54. The van der Waals surface area contributed by atoms with Gasteiger partial charge < -0.3 is 20.3 Å². The van der Waals surface area contributed by atoms with Gasteiger partial charge in [0.05, 0.1) is 17.3 Å². The molecule has 1 aliphatic carbocycles. The van der Waals surface area contributed by atoms with Gasteiger partial charge in [0.1, 0.15) is 0 Å². The third kappa shape index (κ3) is 5.05. The SMILES string of the molecule is CC(C)n1cnc2c(Nc3cc(Br)cc(S(C)(=O)=O)c3)nc(NC3CCC(O)CC3)nc21. The first-order chi connectivity index (χ1) is 15.1. The highest BCUT2D eigenvalue weighted by atomic mass is 79.9. The van der Waals surface area contributed by atoms with Crippen molar-refractivity contribution in [2.45, 2.75) is 62.6 Å². The maximum atomic E-state index is 12.1. The molecule has 0 spiro atoms. The molecule has 3 aromatic rings. The second kappa shape index (κ2) is 8.95. The minimum Gasteiger partial charge on any atom is -0.393 e. The first-order valence-electron chi connectivity index (χ1n) is 10.6. The van der Waals surface area contributed by atoms with Gasteiger partial charge in [-0.1, -0.05) is 15.9 Å². The summed E-state index contributed by atoms with van der Waals surface area (Å²) in [6.45, 7) is 4.11. The number of imidazole rings is 1. The van der Waals surface area contributed by atoms with Crippen molar-refractivity contribution in [3.05, 3.63) is 29.0 Å². The quantitative estimate of drug-likeness (QED) is 0.443. The molecule has 0 unspecified atom stereocenters. The zero-order valence-corrected chi connectivity index (χ0v) is 20.6. The topological polar surface area (TPSA) is 122 Å². The van der Waals surface area contributed by atoms with Gasteiger partial charge in [-0.3, -0.25) is 0 Å². The number of aliphatic hydroxyl groups excluding tert-OH is 1. The van der Waals surface area contributed by atoms with Gasteiger partial charge in [0.25, 0.3) is 0 Å². The molecule has 3 N–H and O–H groups in total. The maximum absolute atomic E-state index is 12.1. The summed E-state index contributed by atoms with van der Waals surface area (Å²) >= 11 is 3.39. The molecule has 11 heteroatoms. The molecule has 4 rings (SSSR count). The van der Waals surface area contributed by atoms with Gasteiger partial charge in [0.2, 0.25) is 5.95 Å². The molecule has 0 amide bonds. The lowest BCUT2D eigenvalue weighted by Gasteiger charge is -2.26. The number of sulfone groups is 1. The van der Waals surface area contributed by atoms with E-state index in [4.69, 9.17) is 4.98 Å². The molecule has 2 heterocycles. The van der Waals surface area contributed by atoms with E-state index in [1.54, 1.807) is 24.5 Å². The summed E-state index contributed by atoms with van der Waals surface area (Å²) in [4.78, 5) is 14.1. The lowest BCUT2D eigenvalue weighted by molar-refractivity contribution is 0.126. The van der Waals surface area contributed by atoms with Crippen molar-refractivity contribution in [1.82, 2.24) is 19.5 Å². The van der Waals surface area contributed by atoms with E-state index in [1.165, 1.54) is 6.26 Å². The van der Waals surface area contributed by atoms with E-state index in [2.05, 4.69) is 50.4 Å². The summed E-state index contributed by atoms with van der Waals surface area (Å²) in [6, 6.07) is 5.26. The number of fused-ring (bicyclic) bond motifs is 1. The Morgan fingerprint density at radius 2 is 1.88 bits per heavy atom. The van der Waals surface area contributed by atoms with E-state index in [1.807, 2.05) is 4.57 Å². The molecule has 1 aliphatic rings. The fraction of sp³-hybridized carbons (Fsp3) is 0.476. The summed E-state index contributed by atoms with van der Waals surface area (Å²) in [5.41, 5.74) is 1.86. The van der Waals surface area contributed by atoms with Crippen LogP contribution in [0.15, 0.2) is 33.9 Å². The van der Waals surface area contributed by atoms with E-state index in [9.17, 15) is 13.5 Å². The number of rotatable bonds is 6. The summed E-state index contributed by atoms with van der Waals surface area (Å²) in [6.07, 6.45) is 5.86. The average Bonchev–Trinajstić information content (AvgIpc) is 3.13. The van der Waals surface area contributed by atoms with Crippen LogP contribution in [0.2, 0.25) is 0 Å². The van der Waals surface area contributed by atoms with Crippen LogP contribution >= 0.6 is 15.9 Å². The summed E-state index contributed by atoms with van der Waals surface area (Å²) in [5, 5.41) is 16.4. The lowest BCUT2D eigenvalue weighted by Crippen LogP contribution is -2.29. The smallest absolute Gasteiger partial charge is 0.227 e. The van der Waals surface area contributed by atoms with Crippen LogP contribution in [0, 0.1) is 0 Å². The van der Waals surface area contributed by atoms with Gasteiger partial charge in [-0.2, -0.15) is 9.97 Å². The molecule has 0 atom stereocenters. The molecular weight excluding hydrogens is 496 g/mol. The van der Waals surface area contributed by atoms with Gasteiger partial charge in [-0.15, -0.1) is 0 Å². The summed E-state index contributed by atoms with van der Waals surface area (Å²) in [7, 11) is -3.38. The predicted octanol–water partition coefficient (Wildman–Crippen LogP) is 4.03. The van der Waals surface area contributed by atoms with Crippen LogP contribution in [0.4, 0.5) is 17.5 Å². The first-order valence-corrected chi connectivity index (χ1v) is 13.3. The molecule has 0 radical (unpaired) electrons. The predicted molar refractivity (Wildman–Crippen MR) is 128 cm³/mol. The Morgan fingerprint density at radius 3 is 2.53 bits per heavy atom. The number of hydrogen-bond donors (Lipinski definition) is 3. The van der Waals surface area contributed by atoms with Crippen LogP contribution in [-0.2, 0) is 9.84 Å². The summed E-state index contributed by atoms with van der Waals surface area (Å²) in [5.74, 6) is 0.965. The maximum Gasteiger partial charge on any atom is 0.227 e. The zero-order valence-electron chi connectivity index (χ0n) is 18.2. The van der Waals surface area contributed by atoms with E-state index in [0.29, 0.717) is 33.1 Å². The fourth-order valence-electron chi connectivity index (χ4n) is 3.83. The van der Waals surface area contributed by atoms with Crippen LogP contribution < -0.4 is 10.6 Å². The third-order valence-corrected chi connectivity index (χ3v) is 7.12. The Morgan fingerprint density at radius 1 is 1.16 bits per heavy atom. The zero-order chi connectivity index (χ0) is 23.0. The number of aromatic nitrogens is 4. The molecule has 1 saturated carbocycles. The number of benzene rings is 1. The summed E-state index contributed by atoms with van der Waals surface area (Å²) < 4.78 is 26.7. The van der Waals surface area contributed by atoms with Crippen molar-refractivity contribution in [3.63, 3.8) is 0 Å². The highest BCUT2D eigenvalue weighted by Gasteiger charge is 2.22. The minimum atomic E-state index is -3.38. The number of halogens is 1. The van der Waals surface area contributed by atoms with Gasteiger partial charge in [0.15, 0.2) is 26.8 Å². The molecule has 2 aromatic heterocycles. The van der Waals surface area contributed by atoms with Gasteiger partial charge >= 0.3 is 0 Å². The van der Waals surface area contributed by atoms with Crippen LogP contribution in [0.5, 0.6) is 0 Å². The van der Waals surface area contributed by atoms with Crippen molar-refractivity contribution < 1.29 is 13.5 Å². The standard InChI is InChI=1S/C21H27BrN6O3S/c1-12(2)28-11-23-18-19(24-15-8-13(22)9-17(10-15)32(3,30)31)26-21(27-20(18)28)25-14-4-6-16(29)7-5-14/h8-12,14,16,29H,4-7H2,1-3H3,(H2,24,25,26,27). The number of hydrogen-bond acceptors (Lipinski definition) is 8. The normalized spacial score (nSPS) is 19.4. The van der Waals surface area contributed by atoms with Crippen molar-refractivity contribution >= 4 is 54.4 Å². The Hall–Kier alpha value is -2.24. The Kier molecular flexibility index (Phi) is 6.42. The highest BCUT2D eigenvalue weighted by molar-refractivity contribution is 9.10. The first kappa shape index (κ1) is 22.9. The fourth-order valence-corrected chi connectivity index (χ4v) is 5.16. The monoisotopic (exact) mass is 522 g/mol. The Bertz CT molecular complexity index is 1240. The molecule has 1 fully saturated rings. The van der Waals surface area contributed by atoms with Crippen LogP contribution in [-0.4, -0.2) is 51.4 Å². The molecular formula is C21H27BrN6O3S. The highest BCUT2D eigenvalue weighted by Crippen LogP contribution is 2.30. The largest absolute Gasteiger partial charge is 0.393 e. The lowest BCUT2D eigenvalue weighted by atomic mass is 9.93. The second-order valence-corrected chi connectivity index (χ2v) is 11.5. The minimum absolute atomic E-state index is 0.156. The van der Waals surface area contributed by atoms with E-state index < -0.39 is 9.84 Å². The van der Waals surface area contributed by atoms with E-state index >= 15 is 0 Å². The number of nitrogens with one attached hydrogen (secondary N) is 2. The van der Waals surface area contributed by atoms with E-state index in [-0.39, 0.29) is 23.1 Å². The molecule has 0 saturated heterocycles. The molecule has 0 bridgehead atoms. The van der Waals surface area contributed by atoms with Crippen molar-refractivity contribution in [2.75, 3.05) is 16.9 Å². The van der Waals surface area contributed by atoms with Gasteiger partial charge in [-0.05, 0) is 57.7 Å². The molecule has 172 valence electrons. The average molecular weight is 523 g/mol. The molecule has 1 aromatic carbocycles. The van der Waals surface area contributed by atoms with E-state index in [0.717, 1.165) is 25.7 Å². The Balaban J connectivity index is 1.74. The van der Waals surface area contributed by atoms with Gasteiger partial charge in [-0.25, -0.2) is 13.4 Å². The number of anilines is 3. The van der Waals surface area contributed by atoms with Crippen molar-refractivity contribution in [2.24, 2.45) is 0 Å². The van der Waals surface area contributed by atoms with Gasteiger partial charge in [0, 0.05) is 28.5 Å². The molecule has 9 nitrogen and oxygen atoms in total. The number of nitrogens with zero attached hydrogens (tertiary/aromatic N) is 4. The Labute approximate surface area is 195 Å². The van der Waals surface area contributed by atoms with Crippen LogP contribution in [0.25, 0.3) is 11.2 Å². The molecule has 32 heavy (non-hydrogen) atoms. The third-order valence-electron chi connectivity index (χ3n) is 5.57. The van der Waals surface area contributed by atoms with Crippen LogP contribution in [0.1, 0.15) is 45.6 Å². The van der Waals surface area contributed by atoms with Crippen LogP contribution in [0.3, 0.4) is 0 Å². The van der Waals surface area contributed by atoms with Crippen molar-refractivity contribution in [3.8, 4) is 0 Å². The molecule has 0 aliphatic heterocycles.